The van der Waals surface area contributed by atoms with Crippen molar-refractivity contribution in [2.24, 2.45) is 0 Å². The Morgan fingerprint density at radius 2 is 1.90 bits per heavy atom. The monoisotopic (exact) mass is 294 g/mol. The van der Waals surface area contributed by atoms with Crippen molar-refractivity contribution >= 4 is 11.3 Å². The van der Waals surface area contributed by atoms with Gasteiger partial charge in [0.15, 0.2) is 11.6 Å². The van der Waals surface area contributed by atoms with E-state index in [-0.39, 0.29) is 11.2 Å². The fourth-order valence-electron chi connectivity index (χ4n) is 1.92. The molecule has 0 aliphatic rings. The minimum atomic E-state index is -0.809. The van der Waals surface area contributed by atoms with Gasteiger partial charge in [0.05, 0.1) is 7.11 Å². The number of benzene rings is 1. The molecule has 1 aromatic carbocycles. The molecular formula is C16H19FO2S. The maximum atomic E-state index is 13.7. The highest BCUT2D eigenvalue weighted by Crippen LogP contribution is 2.35. The Hall–Kier alpha value is -1.39. The first-order valence-corrected chi connectivity index (χ1v) is 7.26. The molecule has 108 valence electrons. The van der Waals surface area contributed by atoms with Gasteiger partial charge in [0.25, 0.3) is 0 Å². The molecule has 1 unspecified atom stereocenters. The van der Waals surface area contributed by atoms with Crippen LogP contribution >= 0.6 is 11.3 Å². The summed E-state index contributed by atoms with van der Waals surface area (Å²) in [4.78, 5) is 2.01. The van der Waals surface area contributed by atoms with E-state index < -0.39 is 11.9 Å². The summed E-state index contributed by atoms with van der Waals surface area (Å²) in [5.41, 5.74) is 0.582. The van der Waals surface area contributed by atoms with Crippen LogP contribution in [0.5, 0.6) is 5.75 Å². The quantitative estimate of drug-likeness (QED) is 0.915. The molecule has 1 N–H and O–H groups in total. The summed E-state index contributed by atoms with van der Waals surface area (Å²) >= 11 is 1.55. The number of methoxy groups -OCH3 is 1. The predicted octanol–water partition coefficient (Wildman–Crippen LogP) is 4.28. The number of aliphatic hydroxyl groups is 1. The predicted molar refractivity (Wildman–Crippen MR) is 80.0 cm³/mol. The Balaban J connectivity index is 2.29. The average molecular weight is 294 g/mol. The lowest BCUT2D eigenvalue weighted by Gasteiger charge is -2.16. The highest BCUT2D eigenvalue weighted by atomic mass is 32.1. The van der Waals surface area contributed by atoms with Crippen molar-refractivity contribution in [2.75, 3.05) is 7.11 Å². The second kappa shape index (κ2) is 5.54. The molecule has 0 saturated carbocycles. The van der Waals surface area contributed by atoms with Crippen molar-refractivity contribution in [1.29, 1.82) is 0 Å². The summed E-state index contributed by atoms with van der Waals surface area (Å²) in [5.74, 6) is -0.279. The first-order chi connectivity index (χ1) is 9.32. The zero-order chi connectivity index (χ0) is 14.9. The molecule has 4 heteroatoms. The van der Waals surface area contributed by atoms with Gasteiger partial charge >= 0.3 is 0 Å². The Kier molecular flexibility index (Phi) is 4.16. The van der Waals surface area contributed by atoms with Crippen molar-refractivity contribution in [3.05, 3.63) is 51.5 Å². The molecule has 1 aromatic heterocycles. The Labute approximate surface area is 122 Å². The zero-order valence-corrected chi connectivity index (χ0v) is 12.9. The third kappa shape index (κ3) is 3.02. The van der Waals surface area contributed by atoms with E-state index >= 15 is 0 Å². The van der Waals surface area contributed by atoms with Crippen molar-refractivity contribution in [3.63, 3.8) is 0 Å². The summed E-state index contributed by atoms with van der Waals surface area (Å²) in [7, 11) is 1.42. The number of rotatable bonds is 3. The van der Waals surface area contributed by atoms with Gasteiger partial charge in [0.1, 0.15) is 6.10 Å². The summed E-state index contributed by atoms with van der Waals surface area (Å²) < 4.78 is 18.6. The van der Waals surface area contributed by atoms with Gasteiger partial charge in [-0.1, -0.05) is 26.8 Å². The topological polar surface area (TPSA) is 29.5 Å². The minimum absolute atomic E-state index is 0.0494. The SMILES string of the molecule is COc1ccc(C(O)c2ccc(C(C)(C)C)s2)cc1F. The summed E-state index contributed by atoms with van der Waals surface area (Å²) in [6.07, 6.45) is -0.809. The molecule has 0 aliphatic heterocycles. The summed E-state index contributed by atoms with van der Waals surface area (Å²) in [6, 6.07) is 8.45. The van der Waals surface area contributed by atoms with E-state index in [1.165, 1.54) is 24.1 Å². The van der Waals surface area contributed by atoms with Crippen LogP contribution in [0.2, 0.25) is 0 Å². The van der Waals surface area contributed by atoms with Crippen LogP contribution < -0.4 is 4.74 Å². The molecule has 0 amide bonds. The fourth-order valence-corrected chi connectivity index (χ4v) is 3.00. The number of hydrogen-bond acceptors (Lipinski definition) is 3. The Morgan fingerprint density at radius 1 is 1.20 bits per heavy atom. The molecular weight excluding hydrogens is 275 g/mol. The van der Waals surface area contributed by atoms with Gasteiger partial charge in [0.2, 0.25) is 0 Å². The molecule has 0 spiro atoms. The van der Waals surface area contributed by atoms with Gasteiger partial charge in [-0.05, 0) is 35.2 Å². The highest BCUT2D eigenvalue weighted by molar-refractivity contribution is 7.12. The molecule has 0 bridgehead atoms. The lowest BCUT2D eigenvalue weighted by atomic mass is 9.95. The van der Waals surface area contributed by atoms with Crippen LogP contribution in [0.25, 0.3) is 0 Å². The van der Waals surface area contributed by atoms with Gasteiger partial charge in [-0.25, -0.2) is 4.39 Å². The Bertz CT molecular complexity index is 599. The largest absolute Gasteiger partial charge is 0.494 e. The number of aliphatic hydroxyl groups excluding tert-OH is 1. The molecule has 20 heavy (non-hydrogen) atoms. The van der Waals surface area contributed by atoms with Crippen molar-refractivity contribution in [1.82, 2.24) is 0 Å². The lowest BCUT2D eigenvalue weighted by molar-refractivity contribution is 0.223. The number of ether oxygens (including phenoxy) is 1. The standard InChI is InChI=1S/C16H19FO2S/c1-16(2,3)14-8-7-13(20-14)15(18)10-5-6-12(19-4)11(17)9-10/h5-9,15,18H,1-4H3. The smallest absolute Gasteiger partial charge is 0.165 e. The van der Waals surface area contributed by atoms with Gasteiger partial charge in [0, 0.05) is 9.75 Å². The second-order valence-electron chi connectivity index (χ2n) is 5.75. The van der Waals surface area contributed by atoms with E-state index in [2.05, 4.69) is 20.8 Å². The molecule has 2 nitrogen and oxygen atoms in total. The first-order valence-electron chi connectivity index (χ1n) is 6.44. The first kappa shape index (κ1) is 15.0. The van der Waals surface area contributed by atoms with Crippen LogP contribution in [-0.4, -0.2) is 12.2 Å². The molecule has 1 atom stereocenters. The van der Waals surface area contributed by atoms with Crippen molar-refractivity contribution < 1.29 is 14.2 Å². The number of halogens is 1. The van der Waals surface area contributed by atoms with E-state index in [4.69, 9.17) is 4.74 Å². The normalized spacial score (nSPS) is 13.3. The van der Waals surface area contributed by atoms with E-state index in [9.17, 15) is 9.50 Å². The van der Waals surface area contributed by atoms with Gasteiger partial charge in [-0.2, -0.15) is 0 Å². The third-order valence-electron chi connectivity index (χ3n) is 3.13. The lowest BCUT2D eigenvalue weighted by Crippen LogP contribution is -2.07. The molecule has 0 aliphatic carbocycles. The highest BCUT2D eigenvalue weighted by Gasteiger charge is 2.20. The maximum Gasteiger partial charge on any atom is 0.165 e. The molecule has 0 fully saturated rings. The fraction of sp³-hybridized carbons (Fsp3) is 0.375. The number of hydrogen-bond donors (Lipinski definition) is 1. The molecule has 0 saturated heterocycles. The number of thiophene rings is 1. The van der Waals surface area contributed by atoms with Crippen molar-refractivity contribution in [3.8, 4) is 5.75 Å². The average Bonchev–Trinajstić information content (AvgIpc) is 2.87. The second-order valence-corrected chi connectivity index (χ2v) is 6.86. The molecule has 2 aromatic rings. The van der Waals surface area contributed by atoms with E-state index in [0.717, 1.165) is 4.88 Å². The van der Waals surface area contributed by atoms with E-state index in [1.54, 1.807) is 17.4 Å². The maximum absolute atomic E-state index is 13.7. The van der Waals surface area contributed by atoms with Crippen LogP contribution in [0.15, 0.2) is 30.3 Å². The van der Waals surface area contributed by atoms with Crippen LogP contribution in [0, 0.1) is 5.82 Å². The molecule has 2 rings (SSSR count). The van der Waals surface area contributed by atoms with Crippen LogP contribution in [0.3, 0.4) is 0 Å². The Morgan fingerprint density at radius 3 is 2.40 bits per heavy atom. The van der Waals surface area contributed by atoms with E-state index in [0.29, 0.717) is 5.56 Å². The van der Waals surface area contributed by atoms with Crippen LogP contribution in [0.1, 0.15) is 42.2 Å². The zero-order valence-electron chi connectivity index (χ0n) is 12.1. The van der Waals surface area contributed by atoms with Gasteiger partial charge < -0.3 is 9.84 Å². The van der Waals surface area contributed by atoms with E-state index in [1.807, 2.05) is 12.1 Å². The molecule has 1 heterocycles. The minimum Gasteiger partial charge on any atom is -0.494 e. The van der Waals surface area contributed by atoms with Gasteiger partial charge in [-0.15, -0.1) is 11.3 Å². The van der Waals surface area contributed by atoms with Crippen LogP contribution in [0.4, 0.5) is 4.39 Å². The van der Waals surface area contributed by atoms with Crippen LogP contribution in [-0.2, 0) is 5.41 Å². The van der Waals surface area contributed by atoms with Crippen molar-refractivity contribution in [2.45, 2.75) is 32.3 Å². The summed E-state index contributed by atoms with van der Waals surface area (Å²) in [5, 5.41) is 10.4. The summed E-state index contributed by atoms with van der Waals surface area (Å²) in [6.45, 7) is 6.38. The molecule has 0 radical (unpaired) electrons. The third-order valence-corrected chi connectivity index (χ3v) is 4.69. The van der Waals surface area contributed by atoms with Gasteiger partial charge in [-0.3, -0.25) is 0 Å².